The molecule has 0 fully saturated rings. The van der Waals surface area contributed by atoms with E-state index in [1.807, 2.05) is 32.3 Å². The van der Waals surface area contributed by atoms with Crippen molar-refractivity contribution in [1.29, 1.82) is 0 Å². The fourth-order valence-electron chi connectivity index (χ4n) is 6.48. The Morgan fingerprint density at radius 3 is 1.38 bits per heavy atom. The smallest absolute Gasteiger partial charge is 0.306 e. The van der Waals surface area contributed by atoms with Crippen molar-refractivity contribution in [3.8, 4) is 11.5 Å². The van der Waals surface area contributed by atoms with Crippen LogP contribution in [0.5, 0.6) is 11.5 Å². The third-order valence-corrected chi connectivity index (χ3v) is 10.0. The van der Waals surface area contributed by atoms with E-state index in [-0.39, 0.29) is 24.5 Å². The summed E-state index contributed by atoms with van der Waals surface area (Å²) < 4.78 is 28.7. The van der Waals surface area contributed by atoms with Gasteiger partial charge >= 0.3 is 17.9 Å². The van der Waals surface area contributed by atoms with E-state index in [0.717, 1.165) is 114 Å². The van der Waals surface area contributed by atoms with Crippen LogP contribution in [-0.2, 0) is 35.2 Å². The van der Waals surface area contributed by atoms with Crippen LogP contribution in [0.4, 0.5) is 0 Å². The Hall–Kier alpha value is -2.81. The predicted molar refractivity (Wildman–Crippen MR) is 228 cm³/mol. The molecule has 0 aliphatic carbocycles. The number of rotatable bonds is 40. The predicted octanol–water partition coefficient (Wildman–Crippen LogP) is 12.1. The molecule has 0 amide bonds. The number of carbonyl (C=O) groups is 3. The van der Waals surface area contributed by atoms with Gasteiger partial charge in [0.05, 0.1) is 26.4 Å². The zero-order chi connectivity index (χ0) is 40.7. The van der Waals surface area contributed by atoms with Gasteiger partial charge in [-0.3, -0.25) is 14.4 Å². The van der Waals surface area contributed by atoms with Gasteiger partial charge in [-0.2, -0.15) is 0 Å². The van der Waals surface area contributed by atoms with E-state index >= 15 is 0 Å². The first kappa shape index (κ1) is 51.2. The molecule has 56 heavy (non-hydrogen) atoms. The van der Waals surface area contributed by atoms with Gasteiger partial charge in [-0.25, -0.2) is 0 Å². The quantitative estimate of drug-likeness (QED) is 0.0365. The Morgan fingerprint density at radius 2 is 0.875 bits per heavy atom. The van der Waals surface area contributed by atoms with Gasteiger partial charge in [0.15, 0.2) is 0 Å². The molecule has 1 aromatic rings. The number of carbonyl (C=O) groups excluding carboxylic acids is 3. The SMILES string of the molecule is CCCCCCCCCOC(=O)CCCCCCCOc1ccc(OCCCCCCCC(=O)OCCCCCCCCC)c(COC(=O)CCCN(C)C)c1. The minimum atomic E-state index is -0.216. The topological polar surface area (TPSA) is 101 Å². The summed E-state index contributed by atoms with van der Waals surface area (Å²) >= 11 is 0. The number of hydrogen-bond donors (Lipinski definition) is 0. The second-order valence-electron chi connectivity index (χ2n) is 15.8. The average Bonchev–Trinajstić information content (AvgIpc) is 3.18. The van der Waals surface area contributed by atoms with Crippen LogP contribution in [-0.4, -0.2) is 69.9 Å². The molecule has 0 heterocycles. The van der Waals surface area contributed by atoms with E-state index in [0.29, 0.717) is 51.4 Å². The first-order chi connectivity index (χ1) is 27.3. The van der Waals surface area contributed by atoms with Gasteiger partial charge < -0.3 is 28.6 Å². The van der Waals surface area contributed by atoms with Gasteiger partial charge in [0.2, 0.25) is 0 Å². The van der Waals surface area contributed by atoms with Crippen LogP contribution in [0, 0.1) is 0 Å². The molecule has 1 rings (SSSR count). The molecule has 0 atom stereocenters. The normalized spacial score (nSPS) is 11.2. The summed E-state index contributed by atoms with van der Waals surface area (Å²) in [6.45, 7) is 7.71. The Kier molecular flexibility index (Phi) is 34.5. The number of esters is 3. The lowest BCUT2D eigenvalue weighted by Gasteiger charge is -2.15. The summed E-state index contributed by atoms with van der Waals surface area (Å²) in [5.74, 6) is 1.09. The minimum absolute atomic E-state index is 0.0681. The highest BCUT2D eigenvalue weighted by Gasteiger charge is 2.11. The molecule has 0 radical (unpaired) electrons. The second-order valence-corrected chi connectivity index (χ2v) is 15.8. The molecule has 0 bridgehead atoms. The maximum Gasteiger partial charge on any atom is 0.306 e. The zero-order valence-corrected chi connectivity index (χ0v) is 36.5. The van der Waals surface area contributed by atoms with Crippen molar-refractivity contribution in [3.05, 3.63) is 23.8 Å². The number of unbranched alkanes of at least 4 members (excludes halogenated alkanes) is 20. The lowest BCUT2D eigenvalue weighted by atomic mass is 10.1. The van der Waals surface area contributed by atoms with Crippen molar-refractivity contribution in [2.24, 2.45) is 0 Å². The van der Waals surface area contributed by atoms with Crippen LogP contribution in [0.15, 0.2) is 18.2 Å². The molecule has 0 N–H and O–H groups in total. The third kappa shape index (κ3) is 32.3. The summed E-state index contributed by atoms with van der Waals surface area (Å²) in [6.07, 6.45) is 28.9. The van der Waals surface area contributed by atoms with Gasteiger partial charge in [-0.15, -0.1) is 0 Å². The van der Waals surface area contributed by atoms with Crippen LogP contribution in [0.3, 0.4) is 0 Å². The number of nitrogens with zero attached hydrogens (tertiary/aromatic N) is 1. The van der Waals surface area contributed by atoms with Crippen molar-refractivity contribution >= 4 is 17.9 Å². The molecular formula is C47H83NO8. The summed E-state index contributed by atoms with van der Waals surface area (Å²) in [5.41, 5.74) is 0.803. The molecule has 0 saturated heterocycles. The standard InChI is InChI=1S/C47H83NO8/c1-5-7-9-11-13-19-27-38-54-45(49)30-23-17-15-21-25-36-52-43-33-34-44(42(40-43)41-56-47(51)32-29-35-48(3)4)53-37-26-22-16-18-24-31-46(50)55-39-28-20-14-12-10-8-6-2/h33-34,40H,5-32,35-39,41H2,1-4H3. The maximum absolute atomic E-state index is 12.4. The van der Waals surface area contributed by atoms with E-state index in [9.17, 15) is 14.4 Å². The van der Waals surface area contributed by atoms with Crippen molar-refractivity contribution in [2.75, 3.05) is 47.1 Å². The zero-order valence-electron chi connectivity index (χ0n) is 36.5. The van der Waals surface area contributed by atoms with Gasteiger partial charge in [0, 0.05) is 24.8 Å². The maximum atomic E-state index is 12.4. The molecule has 9 nitrogen and oxygen atoms in total. The van der Waals surface area contributed by atoms with E-state index in [2.05, 4.69) is 18.7 Å². The van der Waals surface area contributed by atoms with Crippen LogP contribution < -0.4 is 9.47 Å². The number of ether oxygens (including phenoxy) is 5. The molecule has 0 spiro atoms. The fourth-order valence-corrected chi connectivity index (χ4v) is 6.48. The summed E-state index contributed by atoms with van der Waals surface area (Å²) in [6, 6.07) is 5.75. The third-order valence-electron chi connectivity index (χ3n) is 10.0. The van der Waals surface area contributed by atoms with E-state index in [1.165, 1.54) is 64.2 Å². The second kappa shape index (κ2) is 37.7. The first-order valence-corrected chi connectivity index (χ1v) is 22.9. The molecule has 0 saturated carbocycles. The lowest BCUT2D eigenvalue weighted by molar-refractivity contribution is -0.145. The Balaban J connectivity index is 2.31. The van der Waals surface area contributed by atoms with E-state index in [4.69, 9.17) is 23.7 Å². The Labute approximate surface area is 342 Å². The van der Waals surface area contributed by atoms with E-state index < -0.39 is 0 Å². The van der Waals surface area contributed by atoms with Crippen LogP contribution in [0.25, 0.3) is 0 Å². The molecule has 324 valence electrons. The van der Waals surface area contributed by atoms with Crippen LogP contribution in [0.1, 0.15) is 199 Å². The summed E-state index contributed by atoms with van der Waals surface area (Å²) in [5, 5.41) is 0. The Bertz CT molecular complexity index is 1090. The highest BCUT2D eigenvalue weighted by Crippen LogP contribution is 2.26. The number of hydrogen-bond acceptors (Lipinski definition) is 9. The molecular weight excluding hydrogens is 707 g/mol. The lowest BCUT2D eigenvalue weighted by Crippen LogP contribution is -2.15. The van der Waals surface area contributed by atoms with Crippen LogP contribution in [0.2, 0.25) is 0 Å². The highest BCUT2D eigenvalue weighted by molar-refractivity contribution is 5.70. The summed E-state index contributed by atoms with van der Waals surface area (Å²) in [7, 11) is 3.99. The van der Waals surface area contributed by atoms with Crippen molar-refractivity contribution in [3.63, 3.8) is 0 Å². The first-order valence-electron chi connectivity index (χ1n) is 22.9. The Morgan fingerprint density at radius 1 is 0.464 bits per heavy atom. The van der Waals surface area contributed by atoms with Crippen LogP contribution >= 0.6 is 0 Å². The van der Waals surface area contributed by atoms with Gasteiger partial charge in [0.1, 0.15) is 18.1 Å². The number of benzene rings is 1. The average molecular weight is 790 g/mol. The monoisotopic (exact) mass is 790 g/mol. The molecule has 1 aromatic carbocycles. The highest BCUT2D eigenvalue weighted by atomic mass is 16.5. The largest absolute Gasteiger partial charge is 0.494 e. The van der Waals surface area contributed by atoms with Crippen molar-refractivity contribution in [1.82, 2.24) is 4.90 Å². The molecule has 0 unspecified atom stereocenters. The minimum Gasteiger partial charge on any atom is -0.494 e. The van der Waals surface area contributed by atoms with Crippen molar-refractivity contribution < 1.29 is 38.1 Å². The van der Waals surface area contributed by atoms with Crippen molar-refractivity contribution in [2.45, 2.75) is 200 Å². The fraction of sp³-hybridized carbons (Fsp3) is 0.809. The van der Waals surface area contributed by atoms with Gasteiger partial charge in [-0.1, -0.05) is 129 Å². The van der Waals surface area contributed by atoms with Gasteiger partial charge in [0.25, 0.3) is 0 Å². The summed E-state index contributed by atoms with van der Waals surface area (Å²) in [4.78, 5) is 38.6. The molecule has 0 aromatic heterocycles. The molecule has 9 heteroatoms. The molecule has 0 aliphatic heterocycles. The van der Waals surface area contributed by atoms with E-state index in [1.54, 1.807) is 0 Å². The van der Waals surface area contributed by atoms with Gasteiger partial charge in [-0.05, 0) is 83.8 Å². The molecule has 0 aliphatic rings.